The van der Waals surface area contributed by atoms with Crippen LogP contribution in [0.5, 0.6) is 0 Å². The largest absolute Gasteiger partial charge is 0.384 e. The van der Waals surface area contributed by atoms with E-state index in [1.807, 2.05) is 30.3 Å². The molecule has 0 saturated carbocycles. The molecule has 0 fully saturated rings. The van der Waals surface area contributed by atoms with Crippen LogP contribution in [0.1, 0.15) is 18.1 Å². The highest BCUT2D eigenvalue weighted by Crippen LogP contribution is 2.22. The number of benzene rings is 2. The molecule has 0 aliphatic heterocycles. The smallest absolute Gasteiger partial charge is 0.123 e. The molecule has 1 heterocycles. The molecule has 1 aromatic heterocycles. The lowest BCUT2D eigenvalue weighted by Crippen LogP contribution is -2.35. The summed E-state index contributed by atoms with van der Waals surface area (Å²) in [6.45, 7) is 2.74. The number of rotatable bonds is 6. The lowest BCUT2D eigenvalue weighted by molar-refractivity contribution is 0.0567. The maximum atomic E-state index is 13.1. The van der Waals surface area contributed by atoms with Crippen LogP contribution in [0.4, 0.5) is 4.39 Å². The van der Waals surface area contributed by atoms with Crippen LogP contribution in [0.3, 0.4) is 0 Å². The molecular weight excluding hydrogens is 305 g/mol. The van der Waals surface area contributed by atoms with Gasteiger partial charge in [0.25, 0.3) is 0 Å². The topological polar surface area (TPSA) is 60.9 Å². The third-order valence-corrected chi connectivity index (χ3v) is 4.03. The molecule has 1 unspecified atom stereocenters. The highest BCUT2D eigenvalue weighted by molar-refractivity contribution is 5.62. The molecule has 5 heteroatoms. The molecule has 24 heavy (non-hydrogen) atoms. The highest BCUT2D eigenvalue weighted by atomic mass is 19.1. The van der Waals surface area contributed by atoms with Gasteiger partial charge in [0.05, 0.1) is 17.5 Å². The summed E-state index contributed by atoms with van der Waals surface area (Å²) in [5.41, 5.74) is 2.59. The Morgan fingerprint density at radius 2 is 1.83 bits per heavy atom. The summed E-state index contributed by atoms with van der Waals surface area (Å²) in [5.74, 6) is -0.267. The zero-order chi connectivity index (χ0) is 17.0. The minimum atomic E-state index is -0.957. The van der Waals surface area contributed by atoms with Crippen molar-refractivity contribution >= 4 is 0 Å². The van der Waals surface area contributed by atoms with Gasteiger partial charge in [-0.25, -0.2) is 4.39 Å². The predicted molar refractivity (Wildman–Crippen MR) is 91.7 cm³/mol. The molecule has 0 spiro atoms. The van der Waals surface area contributed by atoms with Crippen molar-refractivity contribution < 1.29 is 9.50 Å². The number of hydrogen-bond acceptors (Lipinski definition) is 3. The van der Waals surface area contributed by atoms with Crippen LogP contribution in [0.25, 0.3) is 11.3 Å². The lowest BCUT2D eigenvalue weighted by Gasteiger charge is -2.24. The minimum Gasteiger partial charge on any atom is -0.384 e. The SMILES string of the molecule is CC(O)(CNCc1cn[nH]c1-c1ccc(F)cc1)c1ccccc1. The predicted octanol–water partition coefficient (Wildman–Crippen LogP) is 3.21. The molecular formula is C19H20FN3O. The molecule has 0 saturated heterocycles. The maximum Gasteiger partial charge on any atom is 0.123 e. The Balaban J connectivity index is 1.66. The zero-order valence-electron chi connectivity index (χ0n) is 13.5. The summed E-state index contributed by atoms with van der Waals surface area (Å²) in [7, 11) is 0. The molecule has 4 nitrogen and oxygen atoms in total. The normalized spacial score (nSPS) is 13.6. The van der Waals surface area contributed by atoms with Crippen LogP contribution in [-0.2, 0) is 12.1 Å². The number of halogens is 1. The van der Waals surface area contributed by atoms with Crippen molar-refractivity contribution in [2.45, 2.75) is 19.1 Å². The molecule has 0 amide bonds. The van der Waals surface area contributed by atoms with E-state index < -0.39 is 5.60 Å². The number of hydrogen-bond donors (Lipinski definition) is 3. The van der Waals surface area contributed by atoms with Gasteiger partial charge in [-0.05, 0) is 36.8 Å². The molecule has 0 radical (unpaired) electrons. The average molecular weight is 325 g/mol. The van der Waals surface area contributed by atoms with Crippen LogP contribution in [0.15, 0.2) is 60.8 Å². The van der Waals surface area contributed by atoms with E-state index in [0.717, 1.165) is 22.4 Å². The number of H-pyrrole nitrogens is 1. The van der Waals surface area contributed by atoms with Crippen molar-refractivity contribution in [2.75, 3.05) is 6.54 Å². The van der Waals surface area contributed by atoms with Crippen LogP contribution in [0.2, 0.25) is 0 Å². The van der Waals surface area contributed by atoms with Crippen molar-refractivity contribution in [2.24, 2.45) is 0 Å². The fourth-order valence-corrected chi connectivity index (χ4v) is 2.65. The molecule has 2 aromatic carbocycles. The lowest BCUT2D eigenvalue weighted by atomic mass is 9.96. The second-order valence-electron chi connectivity index (χ2n) is 6.02. The van der Waals surface area contributed by atoms with Gasteiger partial charge in [-0.15, -0.1) is 0 Å². The number of nitrogens with zero attached hydrogens (tertiary/aromatic N) is 1. The van der Waals surface area contributed by atoms with Gasteiger partial charge in [0.15, 0.2) is 0 Å². The Morgan fingerprint density at radius 3 is 2.54 bits per heavy atom. The Morgan fingerprint density at radius 1 is 1.12 bits per heavy atom. The standard InChI is InChI=1S/C19H20FN3O/c1-19(24,16-5-3-2-4-6-16)13-21-11-15-12-22-23-18(15)14-7-9-17(20)10-8-14/h2-10,12,21,24H,11,13H2,1H3,(H,22,23). The van der Waals surface area contributed by atoms with Crippen LogP contribution in [0, 0.1) is 5.82 Å². The van der Waals surface area contributed by atoms with Gasteiger partial charge >= 0.3 is 0 Å². The Bertz CT molecular complexity index is 782. The van der Waals surface area contributed by atoms with Gasteiger partial charge in [0, 0.05) is 24.2 Å². The second kappa shape index (κ2) is 6.95. The summed E-state index contributed by atoms with van der Waals surface area (Å²) in [5, 5.41) is 20.9. The van der Waals surface area contributed by atoms with Crippen LogP contribution < -0.4 is 5.32 Å². The molecule has 0 aliphatic carbocycles. The van der Waals surface area contributed by atoms with Gasteiger partial charge < -0.3 is 10.4 Å². The van der Waals surface area contributed by atoms with Crippen LogP contribution in [-0.4, -0.2) is 21.8 Å². The quantitative estimate of drug-likeness (QED) is 0.652. The first-order chi connectivity index (χ1) is 11.6. The Hall–Kier alpha value is -2.50. The molecule has 124 valence electrons. The summed E-state index contributed by atoms with van der Waals surface area (Å²) < 4.78 is 13.1. The van der Waals surface area contributed by atoms with Gasteiger partial charge in [0.1, 0.15) is 5.82 Å². The van der Waals surface area contributed by atoms with Crippen LogP contribution >= 0.6 is 0 Å². The first kappa shape index (κ1) is 16.4. The number of nitrogens with one attached hydrogen (secondary N) is 2. The van der Waals surface area contributed by atoms with E-state index in [-0.39, 0.29) is 5.82 Å². The maximum absolute atomic E-state index is 13.1. The van der Waals surface area contributed by atoms with E-state index in [4.69, 9.17) is 0 Å². The summed E-state index contributed by atoms with van der Waals surface area (Å²) in [6, 6.07) is 15.8. The van der Waals surface area contributed by atoms with Crippen molar-refractivity contribution in [3.63, 3.8) is 0 Å². The van der Waals surface area contributed by atoms with Gasteiger partial charge in [0.2, 0.25) is 0 Å². The second-order valence-corrected chi connectivity index (χ2v) is 6.02. The fourth-order valence-electron chi connectivity index (χ4n) is 2.65. The third-order valence-electron chi connectivity index (χ3n) is 4.03. The highest BCUT2D eigenvalue weighted by Gasteiger charge is 2.22. The van der Waals surface area contributed by atoms with E-state index in [1.54, 1.807) is 25.3 Å². The Labute approximate surface area is 140 Å². The number of aromatic amines is 1. The van der Waals surface area contributed by atoms with Gasteiger partial charge in [-0.1, -0.05) is 30.3 Å². The van der Waals surface area contributed by atoms with Crippen molar-refractivity contribution in [3.05, 3.63) is 77.7 Å². The monoisotopic (exact) mass is 325 g/mol. The molecule has 0 bridgehead atoms. The molecule has 3 aromatic rings. The minimum absolute atomic E-state index is 0.267. The van der Waals surface area contributed by atoms with E-state index in [2.05, 4.69) is 15.5 Å². The van der Waals surface area contributed by atoms with Crippen molar-refractivity contribution in [1.82, 2.24) is 15.5 Å². The van der Waals surface area contributed by atoms with Gasteiger partial charge in [-0.2, -0.15) is 5.10 Å². The first-order valence-electron chi connectivity index (χ1n) is 7.83. The van der Waals surface area contributed by atoms with Crippen molar-refractivity contribution in [1.29, 1.82) is 0 Å². The molecule has 3 N–H and O–H groups in total. The first-order valence-corrected chi connectivity index (χ1v) is 7.83. The average Bonchev–Trinajstić information content (AvgIpc) is 3.05. The van der Waals surface area contributed by atoms with E-state index in [1.165, 1.54) is 12.1 Å². The summed E-state index contributed by atoms with van der Waals surface area (Å²) >= 11 is 0. The summed E-state index contributed by atoms with van der Waals surface area (Å²) in [6.07, 6.45) is 1.74. The number of aromatic nitrogens is 2. The van der Waals surface area contributed by atoms with E-state index in [0.29, 0.717) is 13.1 Å². The third kappa shape index (κ3) is 3.69. The molecule has 1 atom stereocenters. The van der Waals surface area contributed by atoms with E-state index in [9.17, 15) is 9.50 Å². The van der Waals surface area contributed by atoms with Crippen molar-refractivity contribution in [3.8, 4) is 11.3 Å². The summed E-state index contributed by atoms with van der Waals surface area (Å²) in [4.78, 5) is 0. The fraction of sp³-hybridized carbons (Fsp3) is 0.211. The number of aliphatic hydroxyl groups is 1. The molecule has 3 rings (SSSR count). The zero-order valence-corrected chi connectivity index (χ0v) is 13.5. The van der Waals surface area contributed by atoms with Gasteiger partial charge in [-0.3, -0.25) is 5.10 Å². The molecule has 0 aliphatic rings. The Kier molecular flexibility index (Phi) is 4.74. The van der Waals surface area contributed by atoms with E-state index >= 15 is 0 Å².